The average Bonchev–Trinajstić information content (AvgIpc) is 2.18. The van der Waals surface area contributed by atoms with Crippen molar-refractivity contribution in [1.29, 1.82) is 0 Å². The fourth-order valence-electron chi connectivity index (χ4n) is 0.941. The van der Waals surface area contributed by atoms with E-state index in [9.17, 15) is 0 Å². The largest absolute Gasteiger partial charge is 0.392 e. The molecule has 0 aromatic heterocycles. The SMILES string of the molecule is CNC(=S)Nc1cccc(CO)c1. The molecule has 0 bridgehead atoms. The van der Waals surface area contributed by atoms with E-state index in [1.54, 1.807) is 7.05 Å². The molecule has 0 aliphatic heterocycles. The molecule has 13 heavy (non-hydrogen) atoms. The zero-order chi connectivity index (χ0) is 9.68. The molecule has 70 valence electrons. The molecular formula is C9H12N2OS. The van der Waals surface area contributed by atoms with Gasteiger partial charge in [0, 0.05) is 12.7 Å². The minimum atomic E-state index is 0.0435. The molecule has 0 fully saturated rings. The van der Waals surface area contributed by atoms with Gasteiger partial charge >= 0.3 is 0 Å². The number of benzene rings is 1. The summed E-state index contributed by atoms with van der Waals surface area (Å²) in [6, 6.07) is 7.46. The van der Waals surface area contributed by atoms with Gasteiger partial charge in [-0.25, -0.2) is 0 Å². The Balaban J connectivity index is 2.71. The van der Waals surface area contributed by atoms with Crippen molar-refractivity contribution in [3.63, 3.8) is 0 Å². The van der Waals surface area contributed by atoms with E-state index in [4.69, 9.17) is 17.3 Å². The second kappa shape index (κ2) is 4.79. The van der Waals surface area contributed by atoms with Gasteiger partial charge in [-0.05, 0) is 29.9 Å². The van der Waals surface area contributed by atoms with Gasteiger partial charge < -0.3 is 15.7 Å². The lowest BCUT2D eigenvalue weighted by atomic mass is 10.2. The van der Waals surface area contributed by atoms with Gasteiger partial charge in [-0.1, -0.05) is 12.1 Å². The van der Waals surface area contributed by atoms with Crippen LogP contribution in [-0.4, -0.2) is 17.3 Å². The monoisotopic (exact) mass is 196 g/mol. The van der Waals surface area contributed by atoms with Gasteiger partial charge in [-0.3, -0.25) is 0 Å². The smallest absolute Gasteiger partial charge is 0.170 e. The minimum absolute atomic E-state index is 0.0435. The highest BCUT2D eigenvalue weighted by Gasteiger charge is 1.95. The van der Waals surface area contributed by atoms with E-state index in [2.05, 4.69) is 10.6 Å². The summed E-state index contributed by atoms with van der Waals surface area (Å²) in [4.78, 5) is 0. The van der Waals surface area contributed by atoms with Crippen molar-refractivity contribution >= 4 is 23.0 Å². The summed E-state index contributed by atoms with van der Waals surface area (Å²) >= 11 is 4.93. The van der Waals surface area contributed by atoms with E-state index in [0.717, 1.165) is 11.3 Å². The number of thiocarbonyl (C=S) groups is 1. The van der Waals surface area contributed by atoms with Crippen LogP contribution in [0.15, 0.2) is 24.3 Å². The summed E-state index contributed by atoms with van der Waals surface area (Å²) in [5.41, 5.74) is 1.75. The molecule has 1 aromatic carbocycles. The van der Waals surface area contributed by atoms with Crippen LogP contribution in [0.3, 0.4) is 0 Å². The first kappa shape index (κ1) is 9.95. The quantitative estimate of drug-likeness (QED) is 0.620. The molecular weight excluding hydrogens is 184 g/mol. The van der Waals surface area contributed by atoms with Crippen molar-refractivity contribution < 1.29 is 5.11 Å². The lowest BCUT2D eigenvalue weighted by molar-refractivity contribution is 0.282. The van der Waals surface area contributed by atoms with Gasteiger partial charge in [0.1, 0.15) is 0 Å². The predicted molar refractivity (Wildman–Crippen MR) is 57.6 cm³/mol. The normalized spacial score (nSPS) is 9.38. The van der Waals surface area contributed by atoms with Crippen LogP contribution in [0.1, 0.15) is 5.56 Å². The molecule has 1 aromatic rings. The van der Waals surface area contributed by atoms with Gasteiger partial charge in [0.2, 0.25) is 0 Å². The molecule has 0 atom stereocenters. The third-order valence-electron chi connectivity index (χ3n) is 1.59. The Kier molecular flexibility index (Phi) is 3.67. The molecule has 0 aliphatic carbocycles. The number of anilines is 1. The van der Waals surface area contributed by atoms with E-state index in [1.165, 1.54) is 0 Å². The van der Waals surface area contributed by atoms with Crippen molar-refractivity contribution in [3.8, 4) is 0 Å². The van der Waals surface area contributed by atoms with Crippen molar-refractivity contribution in [3.05, 3.63) is 29.8 Å². The maximum Gasteiger partial charge on any atom is 0.170 e. The number of hydrogen-bond donors (Lipinski definition) is 3. The van der Waals surface area contributed by atoms with Crippen molar-refractivity contribution in [2.75, 3.05) is 12.4 Å². The van der Waals surface area contributed by atoms with Gasteiger partial charge in [0.25, 0.3) is 0 Å². The fraction of sp³-hybridized carbons (Fsp3) is 0.222. The summed E-state index contributed by atoms with van der Waals surface area (Å²) in [5.74, 6) is 0. The highest BCUT2D eigenvalue weighted by atomic mass is 32.1. The first-order valence-corrected chi connectivity index (χ1v) is 4.35. The van der Waals surface area contributed by atoms with Crippen LogP contribution in [0.25, 0.3) is 0 Å². The molecule has 0 spiro atoms. The molecule has 4 heteroatoms. The summed E-state index contributed by atoms with van der Waals surface area (Å²) in [6.45, 7) is 0.0435. The Hall–Kier alpha value is -1.13. The number of aliphatic hydroxyl groups is 1. The van der Waals surface area contributed by atoms with Gasteiger partial charge in [-0.2, -0.15) is 0 Å². The molecule has 0 amide bonds. The van der Waals surface area contributed by atoms with E-state index < -0.39 is 0 Å². The Morgan fingerprint density at radius 1 is 1.54 bits per heavy atom. The van der Waals surface area contributed by atoms with Crippen molar-refractivity contribution in [1.82, 2.24) is 5.32 Å². The second-order valence-electron chi connectivity index (χ2n) is 2.56. The molecule has 0 heterocycles. The third-order valence-corrected chi connectivity index (χ3v) is 1.90. The van der Waals surface area contributed by atoms with Crippen molar-refractivity contribution in [2.24, 2.45) is 0 Å². The van der Waals surface area contributed by atoms with E-state index in [-0.39, 0.29) is 6.61 Å². The molecule has 0 radical (unpaired) electrons. The molecule has 1 rings (SSSR count). The van der Waals surface area contributed by atoms with Crippen LogP contribution in [-0.2, 0) is 6.61 Å². The lowest BCUT2D eigenvalue weighted by Crippen LogP contribution is -2.24. The first-order chi connectivity index (χ1) is 6.26. The number of aliphatic hydroxyl groups excluding tert-OH is 1. The standard InChI is InChI=1S/C9H12N2OS/c1-10-9(13)11-8-4-2-3-7(5-8)6-12/h2-5,12H,6H2,1H3,(H2,10,11,13). The Labute approximate surface area is 82.8 Å². The number of rotatable bonds is 2. The molecule has 0 unspecified atom stereocenters. The molecule has 0 saturated carbocycles. The van der Waals surface area contributed by atoms with Crippen LogP contribution in [0, 0.1) is 0 Å². The zero-order valence-electron chi connectivity index (χ0n) is 7.37. The van der Waals surface area contributed by atoms with Crippen LogP contribution >= 0.6 is 12.2 Å². The topological polar surface area (TPSA) is 44.3 Å². The molecule has 3 N–H and O–H groups in total. The highest BCUT2D eigenvalue weighted by molar-refractivity contribution is 7.80. The highest BCUT2D eigenvalue weighted by Crippen LogP contribution is 2.09. The molecule has 0 aliphatic rings. The number of nitrogens with one attached hydrogen (secondary N) is 2. The summed E-state index contributed by atoms with van der Waals surface area (Å²) < 4.78 is 0. The Bertz CT molecular complexity index is 301. The summed E-state index contributed by atoms with van der Waals surface area (Å²) in [7, 11) is 1.76. The maximum absolute atomic E-state index is 8.88. The van der Waals surface area contributed by atoms with Gasteiger partial charge in [-0.15, -0.1) is 0 Å². The van der Waals surface area contributed by atoms with Crippen molar-refractivity contribution in [2.45, 2.75) is 6.61 Å². The minimum Gasteiger partial charge on any atom is -0.392 e. The van der Waals surface area contributed by atoms with E-state index in [0.29, 0.717) is 5.11 Å². The van der Waals surface area contributed by atoms with E-state index in [1.807, 2.05) is 24.3 Å². The number of hydrogen-bond acceptors (Lipinski definition) is 2. The Morgan fingerprint density at radius 3 is 2.92 bits per heavy atom. The predicted octanol–water partition coefficient (Wildman–Crippen LogP) is 1.10. The third kappa shape index (κ3) is 3.01. The van der Waals surface area contributed by atoms with E-state index >= 15 is 0 Å². The fourth-order valence-corrected chi connectivity index (χ4v) is 1.06. The molecule has 3 nitrogen and oxygen atoms in total. The van der Waals surface area contributed by atoms with Crippen LogP contribution in [0.5, 0.6) is 0 Å². The summed E-state index contributed by atoms with van der Waals surface area (Å²) in [5, 5.41) is 15.2. The lowest BCUT2D eigenvalue weighted by Gasteiger charge is -2.07. The molecule has 0 saturated heterocycles. The zero-order valence-corrected chi connectivity index (χ0v) is 8.19. The average molecular weight is 196 g/mol. The van der Waals surface area contributed by atoms with Crippen LogP contribution < -0.4 is 10.6 Å². The van der Waals surface area contributed by atoms with Crippen LogP contribution in [0.4, 0.5) is 5.69 Å². The van der Waals surface area contributed by atoms with Gasteiger partial charge in [0.05, 0.1) is 6.61 Å². The first-order valence-electron chi connectivity index (χ1n) is 3.95. The maximum atomic E-state index is 8.88. The summed E-state index contributed by atoms with van der Waals surface area (Å²) in [6.07, 6.45) is 0. The van der Waals surface area contributed by atoms with Crippen LogP contribution in [0.2, 0.25) is 0 Å². The second-order valence-corrected chi connectivity index (χ2v) is 2.97. The Morgan fingerprint density at radius 2 is 2.31 bits per heavy atom. The van der Waals surface area contributed by atoms with Gasteiger partial charge in [0.15, 0.2) is 5.11 Å².